The van der Waals surface area contributed by atoms with Crippen LogP contribution in [0.4, 0.5) is 0 Å². The summed E-state index contributed by atoms with van der Waals surface area (Å²) in [4.78, 5) is 0. The number of aliphatic hydroxyl groups is 2. The second-order valence-electron chi connectivity index (χ2n) is 2.94. The number of aliphatic hydroxyl groups excluding tert-OH is 2. The van der Waals surface area contributed by atoms with E-state index in [2.05, 4.69) is 0 Å². The molecule has 2 heteroatoms. The van der Waals surface area contributed by atoms with Crippen LogP contribution in [0.25, 0.3) is 0 Å². The minimum Gasteiger partial charge on any atom is -0.392 e. The zero-order valence-corrected chi connectivity index (χ0v) is 7.64. The zero-order chi connectivity index (χ0) is 9.68. The first-order chi connectivity index (χ1) is 6.25. The summed E-state index contributed by atoms with van der Waals surface area (Å²) in [5.41, 5.74) is 1.62. The Morgan fingerprint density at radius 1 is 1.38 bits per heavy atom. The van der Waals surface area contributed by atoms with Gasteiger partial charge in [-0.1, -0.05) is 36.4 Å². The summed E-state index contributed by atoms with van der Waals surface area (Å²) >= 11 is 0. The Hall–Kier alpha value is -1.12. The maximum Gasteiger partial charge on any atom is 0.0999 e. The molecule has 0 bridgehead atoms. The molecule has 0 radical (unpaired) electrons. The van der Waals surface area contributed by atoms with E-state index in [1.807, 2.05) is 30.3 Å². The van der Waals surface area contributed by atoms with Crippen molar-refractivity contribution in [2.24, 2.45) is 0 Å². The van der Waals surface area contributed by atoms with Crippen LogP contribution in [-0.2, 0) is 0 Å². The van der Waals surface area contributed by atoms with E-state index in [1.165, 1.54) is 0 Å². The monoisotopic (exact) mass is 178 g/mol. The van der Waals surface area contributed by atoms with Crippen LogP contribution in [0, 0.1) is 0 Å². The average Bonchev–Trinajstić information content (AvgIpc) is 2.18. The zero-order valence-electron chi connectivity index (χ0n) is 7.64. The molecule has 1 atom stereocenters. The molecule has 0 aromatic heterocycles. The summed E-state index contributed by atoms with van der Waals surface area (Å²) in [6.45, 7) is 1.77. The second-order valence-corrected chi connectivity index (χ2v) is 2.94. The first-order valence-corrected chi connectivity index (χ1v) is 4.26. The standard InChI is InChI=1S/C11H14O2/c1-9(7-8-12)11(13)10-5-3-2-4-6-10/h2-7,11-13H,8H2,1H3/b9-7-. The fourth-order valence-electron chi connectivity index (χ4n) is 1.15. The van der Waals surface area contributed by atoms with Crippen LogP contribution in [0.5, 0.6) is 0 Å². The molecule has 1 rings (SSSR count). The van der Waals surface area contributed by atoms with Crippen LogP contribution < -0.4 is 0 Å². The lowest BCUT2D eigenvalue weighted by Gasteiger charge is -2.10. The van der Waals surface area contributed by atoms with Crippen molar-refractivity contribution in [2.45, 2.75) is 13.0 Å². The Morgan fingerprint density at radius 3 is 2.54 bits per heavy atom. The number of benzene rings is 1. The molecule has 1 unspecified atom stereocenters. The molecular formula is C11H14O2. The quantitative estimate of drug-likeness (QED) is 0.691. The van der Waals surface area contributed by atoms with Crippen LogP contribution in [0.3, 0.4) is 0 Å². The molecule has 0 amide bonds. The van der Waals surface area contributed by atoms with Gasteiger partial charge in [-0.05, 0) is 18.1 Å². The van der Waals surface area contributed by atoms with E-state index in [0.717, 1.165) is 11.1 Å². The summed E-state index contributed by atoms with van der Waals surface area (Å²) in [5, 5.41) is 18.4. The maximum atomic E-state index is 9.74. The van der Waals surface area contributed by atoms with Gasteiger partial charge in [-0.2, -0.15) is 0 Å². The molecule has 0 aliphatic carbocycles. The van der Waals surface area contributed by atoms with E-state index in [4.69, 9.17) is 5.11 Å². The highest BCUT2D eigenvalue weighted by atomic mass is 16.3. The van der Waals surface area contributed by atoms with Crippen molar-refractivity contribution in [1.29, 1.82) is 0 Å². The summed E-state index contributed by atoms with van der Waals surface area (Å²) < 4.78 is 0. The highest BCUT2D eigenvalue weighted by Gasteiger charge is 2.07. The summed E-state index contributed by atoms with van der Waals surface area (Å²) in [6.07, 6.45) is 1.01. The minimum absolute atomic E-state index is 0.0320. The Labute approximate surface area is 78.2 Å². The molecule has 0 saturated carbocycles. The Balaban J connectivity index is 2.79. The van der Waals surface area contributed by atoms with Gasteiger partial charge in [0.05, 0.1) is 12.7 Å². The van der Waals surface area contributed by atoms with Gasteiger partial charge < -0.3 is 10.2 Å². The summed E-state index contributed by atoms with van der Waals surface area (Å²) in [7, 11) is 0. The third kappa shape index (κ3) is 2.68. The third-order valence-electron chi connectivity index (χ3n) is 1.96. The first kappa shape index (κ1) is 9.96. The number of hydrogen-bond acceptors (Lipinski definition) is 2. The van der Waals surface area contributed by atoms with Crippen LogP contribution in [-0.4, -0.2) is 16.8 Å². The summed E-state index contributed by atoms with van der Waals surface area (Å²) in [5.74, 6) is 0. The SMILES string of the molecule is C/C(=C/CO)C(O)c1ccccc1. The lowest BCUT2D eigenvalue weighted by atomic mass is 10.0. The highest BCUT2D eigenvalue weighted by Crippen LogP contribution is 2.19. The van der Waals surface area contributed by atoms with E-state index in [0.29, 0.717) is 0 Å². The van der Waals surface area contributed by atoms with Crippen LogP contribution in [0.2, 0.25) is 0 Å². The normalized spacial score (nSPS) is 14.2. The number of rotatable bonds is 3. The van der Waals surface area contributed by atoms with Gasteiger partial charge in [0.1, 0.15) is 0 Å². The lowest BCUT2D eigenvalue weighted by Crippen LogP contribution is -1.99. The van der Waals surface area contributed by atoms with E-state index in [-0.39, 0.29) is 6.61 Å². The van der Waals surface area contributed by atoms with Gasteiger partial charge in [-0.3, -0.25) is 0 Å². The van der Waals surface area contributed by atoms with Crippen molar-refractivity contribution in [3.05, 3.63) is 47.5 Å². The van der Waals surface area contributed by atoms with Crippen molar-refractivity contribution in [1.82, 2.24) is 0 Å². The van der Waals surface area contributed by atoms with Crippen molar-refractivity contribution < 1.29 is 10.2 Å². The Morgan fingerprint density at radius 2 is 2.00 bits per heavy atom. The topological polar surface area (TPSA) is 40.5 Å². The van der Waals surface area contributed by atoms with Gasteiger partial charge in [0.2, 0.25) is 0 Å². The predicted molar refractivity (Wildman–Crippen MR) is 52.2 cm³/mol. The molecule has 0 heterocycles. The Kier molecular flexibility index (Phi) is 3.68. The van der Waals surface area contributed by atoms with Crippen molar-refractivity contribution in [2.75, 3.05) is 6.61 Å². The van der Waals surface area contributed by atoms with Crippen LogP contribution >= 0.6 is 0 Å². The molecule has 2 N–H and O–H groups in total. The van der Waals surface area contributed by atoms with E-state index >= 15 is 0 Å². The van der Waals surface area contributed by atoms with Crippen molar-refractivity contribution in [3.63, 3.8) is 0 Å². The molecule has 0 fully saturated rings. The van der Waals surface area contributed by atoms with E-state index < -0.39 is 6.10 Å². The van der Waals surface area contributed by atoms with Gasteiger partial charge in [-0.25, -0.2) is 0 Å². The molecule has 1 aromatic carbocycles. The average molecular weight is 178 g/mol. The Bertz CT molecular complexity index is 277. The van der Waals surface area contributed by atoms with Gasteiger partial charge in [-0.15, -0.1) is 0 Å². The molecule has 2 nitrogen and oxygen atoms in total. The fourth-order valence-corrected chi connectivity index (χ4v) is 1.15. The minimum atomic E-state index is -0.603. The van der Waals surface area contributed by atoms with Gasteiger partial charge >= 0.3 is 0 Å². The molecular weight excluding hydrogens is 164 g/mol. The fraction of sp³-hybridized carbons (Fsp3) is 0.273. The van der Waals surface area contributed by atoms with E-state index in [1.54, 1.807) is 13.0 Å². The lowest BCUT2D eigenvalue weighted by molar-refractivity contribution is 0.213. The van der Waals surface area contributed by atoms with Crippen molar-refractivity contribution in [3.8, 4) is 0 Å². The first-order valence-electron chi connectivity index (χ1n) is 4.26. The van der Waals surface area contributed by atoms with Gasteiger partial charge in [0, 0.05) is 0 Å². The van der Waals surface area contributed by atoms with E-state index in [9.17, 15) is 5.11 Å². The number of hydrogen-bond donors (Lipinski definition) is 2. The molecule has 1 aromatic rings. The second kappa shape index (κ2) is 4.80. The molecule has 0 aliphatic heterocycles. The summed E-state index contributed by atoms with van der Waals surface area (Å²) in [6, 6.07) is 9.38. The molecule has 0 spiro atoms. The third-order valence-corrected chi connectivity index (χ3v) is 1.96. The molecule has 70 valence electrons. The molecule has 0 aliphatic rings. The largest absolute Gasteiger partial charge is 0.392 e. The van der Waals surface area contributed by atoms with Gasteiger partial charge in [0.25, 0.3) is 0 Å². The van der Waals surface area contributed by atoms with Crippen LogP contribution in [0.15, 0.2) is 42.0 Å². The van der Waals surface area contributed by atoms with Gasteiger partial charge in [0.15, 0.2) is 0 Å². The predicted octanol–water partition coefficient (Wildman–Crippen LogP) is 1.66. The van der Waals surface area contributed by atoms with Crippen molar-refractivity contribution >= 4 is 0 Å². The maximum absolute atomic E-state index is 9.74. The molecule has 13 heavy (non-hydrogen) atoms. The smallest absolute Gasteiger partial charge is 0.0999 e. The highest BCUT2D eigenvalue weighted by molar-refractivity contribution is 5.24. The van der Waals surface area contributed by atoms with Crippen LogP contribution in [0.1, 0.15) is 18.6 Å². The molecule has 0 saturated heterocycles.